The molecule has 1 fully saturated rings. The second kappa shape index (κ2) is 7.17. The van der Waals surface area contributed by atoms with Gasteiger partial charge in [-0.1, -0.05) is 19.4 Å². The van der Waals surface area contributed by atoms with E-state index in [4.69, 9.17) is 4.74 Å². The quantitative estimate of drug-likeness (QED) is 0.633. The number of nitrogens with zero attached hydrogens (tertiary/aromatic N) is 5. The Morgan fingerprint density at radius 1 is 1.52 bits per heavy atom. The summed E-state index contributed by atoms with van der Waals surface area (Å²) in [5, 5.41) is 10.8. The number of hydrogen-bond acceptors (Lipinski definition) is 7. The molecule has 0 aliphatic heterocycles. The first kappa shape index (κ1) is 16.7. The molecule has 3 rings (SSSR count). The minimum Gasteiger partial charge on any atom is -0.415 e. The third kappa shape index (κ3) is 3.85. The van der Waals surface area contributed by atoms with E-state index in [1.54, 1.807) is 11.9 Å². The third-order valence-corrected chi connectivity index (χ3v) is 4.03. The van der Waals surface area contributed by atoms with Gasteiger partial charge in [0.25, 0.3) is 0 Å². The number of rotatable bonds is 5. The van der Waals surface area contributed by atoms with Gasteiger partial charge in [0.2, 0.25) is 5.82 Å². The Morgan fingerprint density at radius 2 is 2.28 bits per heavy atom. The van der Waals surface area contributed by atoms with Gasteiger partial charge in [-0.15, -0.1) is 0 Å². The van der Waals surface area contributed by atoms with Gasteiger partial charge >= 0.3 is 6.09 Å². The van der Waals surface area contributed by atoms with Crippen LogP contribution in [0.4, 0.5) is 10.6 Å². The zero-order valence-corrected chi connectivity index (χ0v) is 13.9. The van der Waals surface area contributed by atoms with Crippen LogP contribution in [0, 0.1) is 17.2 Å². The van der Waals surface area contributed by atoms with Crippen molar-refractivity contribution in [1.82, 2.24) is 25.4 Å². The van der Waals surface area contributed by atoms with Crippen LogP contribution in [-0.4, -0.2) is 32.6 Å². The van der Waals surface area contributed by atoms with E-state index in [2.05, 4.69) is 31.9 Å². The van der Waals surface area contributed by atoms with E-state index in [1.807, 2.05) is 6.07 Å². The van der Waals surface area contributed by atoms with Crippen molar-refractivity contribution in [2.75, 3.05) is 11.6 Å². The summed E-state index contributed by atoms with van der Waals surface area (Å²) in [7, 11) is 0. The number of hydrogen-bond donors (Lipinski definition) is 2. The Morgan fingerprint density at radius 3 is 2.96 bits per heavy atom. The lowest BCUT2D eigenvalue weighted by atomic mass is 10.1. The minimum absolute atomic E-state index is 0.0129. The number of nitriles is 1. The highest BCUT2D eigenvalue weighted by atomic mass is 16.6. The fourth-order valence-electron chi connectivity index (χ4n) is 2.99. The number of aromatic amines is 1. The molecule has 9 heteroatoms. The highest BCUT2D eigenvalue weighted by Crippen LogP contribution is 2.28. The van der Waals surface area contributed by atoms with Crippen LogP contribution in [0.3, 0.4) is 0 Å². The summed E-state index contributed by atoms with van der Waals surface area (Å²) in [6.07, 6.45) is 5.31. The smallest absolute Gasteiger partial charge is 0.415 e. The van der Waals surface area contributed by atoms with Gasteiger partial charge in [-0.3, -0.25) is 5.01 Å². The SMILES string of the molecule is C=C(C)OC(=O)NN(CC1CCCC1)c1nc(C#N)nc2nc[nH]c12. The van der Waals surface area contributed by atoms with Gasteiger partial charge in [-0.05, 0) is 25.7 Å². The molecular weight excluding hydrogens is 322 g/mol. The molecule has 130 valence electrons. The summed E-state index contributed by atoms with van der Waals surface area (Å²) in [5.41, 5.74) is 3.61. The maximum Gasteiger partial charge on any atom is 0.431 e. The average Bonchev–Trinajstić information content (AvgIpc) is 3.23. The number of ether oxygens (including phenoxy) is 1. The lowest BCUT2D eigenvalue weighted by Gasteiger charge is -2.26. The van der Waals surface area contributed by atoms with Crippen molar-refractivity contribution >= 4 is 23.1 Å². The summed E-state index contributed by atoms with van der Waals surface area (Å²) in [4.78, 5) is 27.4. The molecule has 1 amide bonds. The number of nitrogens with one attached hydrogen (secondary N) is 2. The number of hydrazine groups is 1. The molecule has 0 saturated heterocycles. The van der Waals surface area contributed by atoms with Crippen LogP contribution in [0.1, 0.15) is 38.4 Å². The number of carbonyl (C=O) groups is 1. The fourth-order valence-corrected chi connectivity index (χ4v) is 2.99. The highest BCUT2D eigenvalue weighted by molar-refractivity contribution is 5.84. The van der Waals surface area contributed by atoms with Gasteiger partial charge in [0.1, 0.15) is 11.6 Å². The van der Waals surface area contributed by atoms with Gasteiger partial charge in [0, 0.05) is 6.54 Å². The Kier molecular flexibility index (Phi) is 4.79. The lowest BCUT2D eigenvalue weighted by Crippen LogP contribution is -2.45. The first-order valence-corrected chi connectivity index (χ1v) is 8.09. The molecule has 2 aromatic rings. The van der Waals surface area contributed by atoms with Crippen molar-refractivity contribution in [3.05, 3.63) is 24.5 Å². The lowest BCUT2D eigenvalue weighted by molar-refractivity contribution is 0.175. The number of fused-ring (bicyclic) bond motifs is 1. The van der Waals surface area contributed by atoms with Crippen molar-refractivity contribution in [2.45, 2.75) is 32.6 Å². The number of H-pyrrole nitrogens is 1. The molecule has 1 aliphatic carbocycles. The molecule has 0 unspecified atom stereocenters. The van der Waals surface area contributed by atoms with Gasteiger partial charge < -0.3 is 9.72 Å². The third-order valence-electron chi connectivity index (χ3n) is 4.03. The first-order chi connectivity index (χ1) is 12.1. The van der Waals surface area contributed by atoms with E-state index >= 15 is 0 Å². The Balaban J connectivity index is 1.95. The molecule has 0 radical (unpaired) electrons. The summed E-state index contributed by atoms with van der Waals surface area (Å²) in [6.45, 7) is 5.71. The monoisotopic (exact) mass is 341 g/mol. The average molecular weight is 341 g/mol. The van der Waals surface area contributed by atoms with E-state index in [-0.39, 0.29) is 11.6 Å². The summed E-state index contributed by atoms with van der Waals surface area (Å²) < 4.78 is 5.00. The van der Waals surface area contributed by atoms with Crippen LogP contribution < -0.4 is 10.4 Å². The molecule has 0 aromatic carbocycles. The number of anilines is 1. The molecule has 1 aliphatic rings. The number of imidazole rings is 1. The van der Waals surface area contributed by atoms with Crippen LogP contribution in [0.25, 0.3) is 11.2 Å². The molecule has 2 heterocycles. The number of aromatic nitrogens is 4. The van der Waals surface area contributed by atoms with Crippen molar-refractivity contribution in [1.29, 1.82) is 5.26 Å². The molecule has 25 heavy (non-hydrogen) atoms. The topological polar surface area (TPSA) is 120 Å². The number of allylic oxidation sites excluding steroid dienone is 1. The molecule has 1 saturated carbocycles. The molecule has 0 spiro atoms. The van der Waals surface area contributed by atoms with Gasteiger partial charge in [-0.25, -0.2) is 15.2 Å². The second-order valence-electron chi connectivity index (χ2n) is 6.05. The number of carbonyl (C=O) groups excluding carboxylic acids is 1. The van der Waals surface area contributed by atoms with Crippen molar-refractivity contribution in [2.24, 2.45) is 5.92 Å². The summed E-state index contributed by atoms with van der Waals surface area (Å²) in [6, 6.07) is 1.92. The largest absolute Gasteiger partial charge is 0.431 e. The van der Waals surface area contributed by atoms with Crippen LogP contribution >= 0.6 is 0 Å². The number of amides is 1. The maximum atomic E-state index is 12.1. The Bertz CT molecular complexity index is 833. The predicted molar refractivity (Wildman–Crippen MR) is 90.1 cm³/mol. The maximum absolute atomic E-state index is 12.1. The fraction of sp³-hybridized carbons (Fsp3) is 0.438. The molecule has 0 bridgehead atoms. The highest BCUT2D eigenvalue weighted by Gasteiger charge is 2.24. The van der Waals surface area contributed by atoms with Gasteiger partial charge in [0.05, 0.1) is 12.1 Å². The van der Waals surface area contributed by atoms with Gasteiger partial charge in [-0.2, -0.15) is 15.2 Å². The standard InChI is InChI=1S/C16H19N7O2/c1-10(2)25-16(24)22-23(8-11-5-3-4-6-11)15-13-14(19-9-18-13)20-12(7-17)21-15/h9,11H,1,3-6,8H2,2H3,(H,22,24)(H,18,19,20,21). The van der Waals surface area contributed by atoms with Crippen molar-refractivity contribution < 1.29 is 9.53 Å². The van der Waals surface area contributed by atoms with Crippen molar-refractivity contribution in [3.8, 4) is 6.07 Å². The van der Waals surface area contributed by atoms with Crippen LogP contribution in [0.15, 0.2) is 18.7 Å². The Hall–Kier alpha value is -3.15. The van der Waals surface area contributed by atoms with Crippen molar-refractivity contribution in [3.63, 3.8) is 0 Å². The van der Waals surface area contributed by atoms with E-state index in [1.165, 1.54) is 19.2 Å². The Labute approximate surface area is 144 Å². The summed E-state index contributed by atoms with van der Waals surface area (Å²) in [5.74, 6) is 1.08. The van der Waals surface area contributed by atoms with Crippen LogP contribution in [0.5, 0.6) is 0 Å². The second-order valence-corrected chi connectivity index (χ2v) is 6.05. The van der Waals surface area contributed by atoms with E-state index in [0.29, 0.717) is 29.4 Å². The molecular formula is C16H19N7O2. The molecule has 0 atom stereocenters. The zero-order valence-electron chi connectivity index (χ0n) is 13.9. The van der Waals surface area contributed by atoms with Crippen LogP contribution in [-0.2, 0) is 4.74 Å². The van der Waals surface area contributed by atoms with E-state index < -0.39 is 6.09 Å². The normalized spacial score (nSPS) is 14.2. The summed E-state index contributed by atoms with van der Waals surface area (Å²) >= 11 is 0. The molecule has 2 aromatic heterocycles. The van der Waals surface area contributed by atoms with E-state index in [0.717, 1.165) is 12.8 Å². The van der Waals surface area contributed by atoms with E-state index in [9.17, 15) is 10.1 Å². The zero-order chi connectivity index (χ0) is 17.8. The minimum atomic E-state index is -0.657. The first-order valence-electron chi connectivity index (χ1n) is 8.09. The molecule has 2 N–H and O–H groups in total. The van der Waals surface area contributed by atoms with Crippen LogP contribution in [0.2, 0.25) is 0 Å². The predicted octanol–water partition coefficient (Wildman–Crippen LogP) is 2.40. The molecule has 9 nitrogen and oxygen atoms in total. The van der Waals surface area contributed by atoms with Gasteiger partial charge in [0.15, 0.2) is 11.5 Å².